The SMILES string of the molecule is COCc1cnn(-c2ccc(F)cc2)c(=O)c1C(=O)Nc1ccc(Oc2ccnc3cc(OC)cnc23)c(F)c1. The second-order valence-corrected chi connectivity index (χ2v) is 8.42. The lowest BCUT2D eigenvalue weighted by Crippen LogP contribution is -2.32. The van der Waals surface area contributed by atoms with E-state index in [0.29, 0.717) is 16.8 Å². The number of ether oxygens (including phenoxy) is 3. The third-order valence-electron chi connectivity index (χ3n) is 5.82. The smallest absolute Gasteiger partial charge is 0.284 e. The number of fused-ring (bicyclic) bond motifs is 1. The van der Waals surface area contributed by atoms with Gasteiger partial charge in [0.2, 0.25) is 0 Å². The number of benzene rings is 2. The summed E-state index contributed by atoms with van der Waals surface area (Å²) in [6.07, 6.45) is 4.30. The quantitative estimate of drug-likeness (QED) is 0.299. The maximum absolute atomic E-state index is 15.0. The molecule has 2 aromatic carbocycles. The Balaban J connectivity index is 1.42. The lowest BCUT2D eigenvalue weighted by Gasteiger charge is -2.13. The van der Waals surface area contributed by atoms with Crippen LogP contribution in [0, 0.1) is 11.6 Å². The minimum absolute atomic E-state index is 0.0732. The van der Waals surface area contributed by atoms with Gasteiger partial charge in [-0.15, -0.1) is 0 Å². The van der Waals surface area contributed by atoms with Gasteiger partial charge in [-0.05, 0) is 36.4 Å². The lowest BCUT2D eigenvalue weighted by atomic mass is 10.1. The van der Waals surface area contributed by atoms with Crippen LogP contribution in [0.15, 0.2) is 78.0 Å². The molecule has 202 valence electrons. The first-order valence-corrected chi connectivity index (χ1v) is 11.8. The van der Waals surface area contributed by atoms with Gasteiger partial charge in [-0.25, -0.2) is 13.8 Å². The molecule has 3 heterocycles. The number of carbonyl (C=O) groups is 1. The van der Waals surface area contributed by atoms with Crippen LogP contribution in [0.2, 0.25) is 0 Å². The van der Waals surface area contributed by atoms with Crippen molar-refractivity contribution in [3.8, 4) is 22.9 Å². The van der Waals surface area contributed by atoms with Crippen molar-refractivity contribution >= 4 is 22.6 Å². The number of hydrogen-bond donors (Lipinski definition) is 1. The Morgan fingerprint density at radius 2 is 1.77 bits per heavy atom. The van der Waals surface area contributed by atoms with Crippen LogP contribution in [0.1, 0.15) is 15.9 Å². The molecule has 0 unspecified atom stereocenters. The average Bonchev–Trinajstić information content (AvgIpc) is 2.95. The lowest BCUT2D eigenvalue weighted by molar-refractivity contribution is 0.101. The van der Waals surface area contributed by atoms with Crippen LogP contribution in [0.25, 0.3) is 16.7 Å². The Morgan fingerprint density at radius 3 is 2.50 bits per heavy atom. The predicted molar refractivity (Wildman–Crippen MR) is 141 cm³/mol. The number of methoxy groups -OCH3 is 2. The molecule has 0 atom stereocenters. The van der Waals surface area contributed by atoms with Gasteiger partial charge in [0.05, 0.1) is 37.3 Å². The van der Waals surface area contributed by atoms with E-state index in [0.717, 1.165) is 10.7 Å². The van der Waals surface area contributed by atoms with E-state index in [1.54, 1.807) is 12.1 Å². The fourth-order valence-electron chi connectivity index (χ4n) is 3.92. The minimum atomic E-state index is -0.804. The monoisotopic (exact) mass is 545 g/mol. The minimum Gasteiger partial charge on any atom is -0.495 e. The van der Waals surface area contributed by atoms with Crippen LogP contribution in [-0.2, 0) is 11.3 Å². The molecule has 0 aliphatic rings. The van der Waals surface area contributed by atoms with Crippen LogP contribution in [0.4, 0.5) is 14.5 Å². The number of carbonyl (C=O) groups excluding carboxylic acids is 1. The van der Waals surface area contributed by atoms with E-state index in [4.69, 9.17) is 14.2 Å². The summed E-state index contributed by atoms with van der Waals surface area (Å²) in [6.45, 7) is -0.0732. The Morgan fingerprint density at radius 1 is 0.975 bits per heavy atom. The molecular formula is C28H21F2N5O5. The maximum atomic E-state index is 15.0. The number of nitrogens with one attached hydrogen (secondary N) is 1. The molecule has 0 bridgehead atoms. The fraction of sp³-hybridized carbons (Fsp3) is 0.107. The Kier molecular flexibility index (Phi) is 7.42. The summed E-state index contributed by atoms with van der Waals surface area (Å²) < 4.78 is 45.4. The van der Waals surface area contributed by atoms with Gasteiger partial charge in [-0.3, -0.25) is 14.6 Å². The van der Waals surface area contributed by atoms with Crippen LogP contribution < -0.4 is 20.3 Å². The molecule has 3 aromatic heterocycles. The zero-order valence-corrected chi connectivity index (χ0v) is 21.2. The van der Waals surface area contributed by atoms with E-state index >= 15 is 4.39 Å². The van der Waals surface area contributed by atoms with Crippen molar-refractivity contribution < 1.29 is 27.8 Å². The molecule has 0 radical (unpaired) electrons. The number of aromatic nitrogens is 4. The van der Waals surface area contributed by atoms with Gasteiger partial charge < -0.3 is 19.5 Å². The molecule has 5 rings (SSSR count). The molecule has 40 heavy (non-hydrogen) atoms. The summed E-state index contributed by atoms with van der Waals surface area (Å²) in [5.74, 6) is -1.41. The average molecular weight is 546 g/mol. The first-order chi connectivity index (χ1) is 19.4. The molecular weight excluding hydrogens is 524 g/mol. The normalized spacial score (nSPS) is 10.9. The second-order valence-electron chi connectivity index (χ2n) is 8.42. The van der Waals surface area contributed by atoms with Crippen molar-refractivity contribution in [2.45, 2.75) is 6.61 Å². The molecule has 12 heteroatoms. The van der Waals surface area contributed by atoms with E-state index in [1.165, 1.54) is 69.2 Å². The third kappa shape index (κ3) is 5.33. The molecule has 1 amide bonds. The summed E-state index contributed by atoms with van der Waals surface area (Å²) in [5, 5.41) is 6.60. The van der Waals surface area contributed by atoms with Gasteiger partial charge in [0, 0.05) is 42.8 Å². The number of halogens is 2. The van der Waals surface area contributed by atoms with Crippen LogP contribution in [0.5, 0.6) is 17.2 Å². The summed E-state index contributed by atoms with van der Waals surface area (Å²) in [5.41, 5.74) is 0.438. The van der Waals surface area contributed by atoms with Crippen molar-refractivity contribution in [3.05, 3.63) is 106 Å². The topological polar surface area (TPSA) is 117 Å². The summed E-state index contributed by atoms with van der Waals surface area (Å²) in [6, 6.07) is 12.1. The van der Waals surface area contributed by atoms with Gasteiger partial charge in [0.15, 0.2) is 17.3 Å². The number of nitrogens with zero attached hydrogens (tertiary/aromatic N) is 4. The highest BCUT2D eigenvalue weighted by atomic mass is 19.1. The molecule has 1 N–H and O–H groups in total. The van der Waals surface area contributed by atoms with Crippen molar-refractivity contribution in [2.24, 2.45) is 0 Å². The second kappa shape index (κ2) is 11.3. The number of amides is 1. The molecule has 5 aromatic rings. The van der Waals surface area contributed by atoms with Crippen molar-refractivity contribution in [2.75, 3.05) is 19.5 Å². The zero-order chi connectivity index (χ0) is 28.2. The Hall–Kier alpha value is -5.23. The van der Waals surface area contributed by atoms with Crippen LogP contribution in [0.3, 0.4) is 0 Å². The van der Waals surface area contributed by atoms with Crippen molar-refractivity contribution in [1.29, 1.82) is 0 Å². The van der Waals surface area contributed by atoms with Crippen molar-refractivity contribution in [3.63, 3.8) is 0 Å². The number of rotatable bonds is 8. The first kappa shape index (κ1) is 26.4. The highest BCUT2D eigenvalue weighted by molar-refractivity contribution is 6.05. The van der Waals surface area contributed by atoms with Crippen LogP contribution >= 0.6 is 0 Å². The van der Waals surface area contributed by atoms with E-state index in [-0.39, 0.29) is 40.6 Å². The molecule has 10 nitrogen and oxygen atoms in total. The number of pyridine rings is 2. The number of hydrogen-bond acceptors (Lipinski definition) is 8. The van der Waals surface area contributed by atoms with E-state index in [9.17, 15) is 14.0 Å². The van der Waals surface area contributed by atoms with Crippen molar-refractivity contribution in [1.82, 2.24) is 19.7 Å². The van der Waals surface area contributed by atoms with Gasteiger partial charge in [-0.2, -0.15) is 9.78 Å². The van der Waals surface area contributed by atoms with E-state index in [2.05, 4.69) is 20.4 Å². The molecule has 0 saturated heterocycles. The molecule has 0 aliphatic carbocycles. The standard InChI is InChI=1S/C28H21F2N5O5/c1-38-15-16-13-33-35(19-6-3-17(29)4-7-19)28(37)25(16)27(36)34-18-5-8-23(21(30)11-18)40-24-9-10-31-22-12-20(39-2)14-32-26(22)24/h3-14H,15H2,1-2H3,(H,34,36). The molecule has 0 fully saturated rings. The summed E-state index contributed by atoms with van der Waals surface area (Å²) in [4.78, 5) is 34.9. The molecule has 0 spiro atoms. The summed E-state index contributed by atoms with van der Waals surface area (Å²) >= 11 is 0. The Bertz CT molecular complexity index is 1780. The molecule has 0 aliphatic heterocycles. The number of anilines is 1. The van der Waals surface area contributed by atoms with E-state index < -0.39 is 23.1 Å². The van der Waals surface area contributed by atoms with Gasteiger partial charge >= 0.3 is 0 Å². The highest BCUT2D eigenvalue weighted by Gasteiger charge is 2.21. The first-order valence-electron chi connectivity index (χ1n) is 11.8. The Labute approximate surface area is 225 Å². The highest BCUT2D eigenvalue weighted by Crippen LogP contribution is 2.31. The van der Waals surface area contributed by atoms with Gasteiger partial charge in [0.1, 0.15) is 22.6 Å². The third-order valence-corrected chi connectivity index (χ3v) is 5.82. The van der Waals surface area contributed by atoms with Crippen LogP contribution in [-0.4, -0.2) is 39.9 Å². The molecule has 0 saturated carbocycles. The predicted octanol–water partition coefficient (Wildman–Crippen LogP) is 4.65. The zero-order valence-electron chi connectivity index (χ0n) is 21.2. The summed E-state index contributed by atoms with van der Waals surface area (Å²) in [7, 11) is 2.91. The van der Waals surface area contributed by atoms with Gasteiger partial charge in [0.25, 0.3) is 11.5 Å². The largest absolute Gasteiger partial charge is 0.495 e. The maximum Gasteiger partial charge on any atom is 0.284 e. The fourth-order valence-corrected chi connectivity index (χ4v) is 3.92. The van der Waals surface area contributed by atoms with E-state index in [1.807, 2.05) is 0 Å². The van der Waals surface area contributed by atoms with Gasteiger partial charge in [-0.1, -0.05) is 0 Å².